The summed E-state index contributed by atoms with van der Waals surface area (Å²) in [5, 5.41) is 11.0. The SMILES string of the molecule is CCC1(O)CN(C(=O)c2cccc3cc[nH]c23)C1. The largest absolute Gasteiger partial charge is 0.386 e. The predicted octanol–water partition coefficient (Wildman–Crippen LogP) is 1.76. The van der Waals surface area contributed by atoms with Gasteiger partial charge in [0.25, 0.3) is 5.91 Å². The summed E-state index contributed by atoms with van der Waals surface area (Å²) in [5.41, 5.74) is 0.865. The highest BCUT2D eigenvalue weighted by molar-refractivity contribution is 6.06. The van der Waals surface area contributed by atoms with Gasteiger partial charge in [-0.15, -0.1) is 0 Å². The molecule has 1 fully saturated rings. The van der Waals surface area contributed by atoms with Crippen molar-refractivity contribution in [1.29, 1.82) is 0 Å². The van der Waals surface area contributed by atoms with Crippen LogP contribution in [-0.2, 0) is 0 Å². The van der Waals surface area contributed by atoms with Crippen molar-refractivity contribution in [3.05, 3.63) is 36.0 Å². The highest BCUT2D eigenvalue weighted by Gasteiger charge is 2.42. The number of para-hydroxylation sites is 1. The van der Waals surface area contributed by atoms with Crippen LogP contribution in [0.15, 0.2) is 30.5 Å². The lowest BCUT2D eigenvalue weighted by atomic mass is 9.90. The second kappa shape index (κ2) is 3.85. The van der Waals surface area contributed by atoms with Crippen LogP contribution in [0.2, 0.25) is 0 Å². The number of aromatic nitrogens is 1. The van der Waals surface area contributed by atoms with Gasteiger partial charge in [-0.25, -0.2) is 0 Å². The van der Waals surface area contributed by atoms with Gasteiger partial charge in [-0.05, 0) is 18.6 Å². The van der Waals surface area contributed by atoms with Crippen LogP contribution in [-0.4, -0.2) is 39.6 Å². The summed E-state index contributed by atoms with van der Waals surface area (Å²) < 4.78 is 0. The number of fused-ring (bicyclic) bond motifs is 1. The maximum atomic E-state index is 12.3. The molecule has 1 saturated heterocycles. The van der Waals surface area contributed by atoms with Crippen molar-refractivity contribution in [2.75, 3.05) is 13.1 Å². The molecule has 2 aromatic rings. The first-order chi connectivity index (χ1) is 8.63. The third-order valence-corrected chi connectivity index (χ3v) is 3.73. The third kappa shape index (κ3) is 1.61. The van der Waals surface area contributed by atoms with Crippen LogP contribution in [0.25, 0.3) is 10.9 Å². The van der Waals surface area contributed by atoms with Gasteiger partial charge < -0.3 is 15.0 Å². The fourth-order valence-corrected chi connectivity index (χ4v) is 2.46. The van der Waals surface area contributed by atoms with Crippen LogP contribution in [0.4, 0.5) is 0 Å². The predicted molar refractivity (Wildman–Crippen MR) is 69.4 cm³/mol. The van der Waals surface area contributed by atoms with Crippen molar-refractivity contribution >= 4 is 16.8 Å². The van der Waals surface area contributed by atoms with Gasteiger partial charge in [-0.2, -0.15) is 0 Å². The lowest BCUT2D eigenvalue weighted by molar-refractivity contribution is -0.0825. The molecule has 1 aromatic carbocycles. The van der Waals surface area contributed by atoms with E-state index in [0.29, 0.717) is 25.1 Å². The molecule has 4 nitrogen and oxygen atoms in total. The van der Waals surface area contributed by atoms with E-state index in [1.54, 1.807) is 4.90 Å². The summed E-state index contributed by atoms with van der Waals surface area (Å²) in [6, 6.07) is 7.63. The molecule has 1 amide bonds. The first-order valence-electron chi connectivity index (χ1n) is 6.21. The Hall–Kier alpha value is -1.81. The Balaban J connectivity index is 1.88. The summed E-state index contributed by atoms with van der Waals surface area (Å²) in [7, 11) is 0. The third-order valence-electron chi connectivity index (χ3n) is 3.73. The van der Waals surface area contributed by atoms with E-state index in [1.807, 2.05) is 37.4 Å². The first kappa shape index (κ1) is 11.3. The second-order valence-electron chi connectivity index (χ2n) is 4.99. The number of carbonyl (C=O) groups excluding carboxylic acids is 1. The number of nitrogens with zero attached hydrogens (tertiary/aromatic N) is 1. The van der Waals surface area contributed by atoms with Crippen molar-refractivity contribution in [3.63, 3.8) is 0 Å². The van der Waals surface area contributed by atoms with Gasteiger partial charge >= 0.3 is 0 Å². The number of carbonyl (C=O) groups is 1. The molecule has 2 heterocycles. The summed E-state index contributed by atoms with van der Waals surface area (Å²) in [4.78, 5) is 17.1. The van der Waals surface area contributed by atoms with Crippen molar-refractivity contribution in [1.82, 2.24) is 9.88 Å². The van der Waals surface area contributed by atoms with Crippen LogP contribution in [0, 0.1) is 0 Å². The van der Waals surface area contributed by atoms with Crippen LogP contribution in [0.3, 0.4) is 0 Å². The molecule has 0 atom stereocenters. The monoisotopic (exact) mass is 244 g/mol. The second-order valence-corrected chi connectivity index (χ2v) is 4.99. The Morgan fingerprint density at radius 1 is 1.44 bits per heavy atom. The molecule has 0 spiro atoms. The van der Waals surface area contributed by atoms with Gasteiger partial charge in [0.1, 0.15) is 0 Å². The van der Waals surface area contributed by atoms with E-state index in [1.165, 1.54) is 0 Å². The topological polar surface area (TPSA) is 56.3 Å². The molecule has 1 aliphatic rings. The van der Waals surface area contributed by atoms with Crippen LogP contribution in [0.1, 0.15) is 23.7 Å². The van der Waals surface area contributed by atoms with Gasteiger partial charge in [-0.1, -0.05) is 19.1 Å². The minimum Gasteiger partial charge on any atom is -0.386 e. The zero-order chi connectivity index (χ0) is 12.8. The summed E-state index contributed by atoms with van der Waals surface area (Å²) in [5.74, 6) is -0.0128. The number of β-amino-alcohol motifs (C(OH)–C–C–N with tert-alkyl or cyclic N) is 1. The fraction of sp³-hybridized carbons (Fsp3) is 0.357. The highest BCUT2D eigenvalue weighted by Crippen LogP contribution is 2.27. The highest BCUT2D eigenvalue weighted by atomic mass is 16.3. The molecule has 0 unspecified atom stereocenters. The van der Waals surface area contributed by atoms with E-state index in [-0.39, 0.29) is 5.91 Å². The van der Waals surface area contributed by atoms with E-state index < -0.39 is 5.60 Å². The quantitative estimate of drug-likeness (QED) is 0.845. The maximum Gasteiger partial charge on any atom is 0.256 e. The molecule has 0 bridgehead atoms. The Kier molecular flexibility index (Phi) is 2.41. The fourth-order valence-electron chi connectivity index (χ4n) is 2.46. The van der Waals surface area contributed by atoms with Crippen molar-refractivity contribution in [2.45, 2.75) is 18.9 Å². The van der Waals surface area contributed by atoms with Gasteiger partial charge in [0.05, 0.1) is 29.8 Å². The number of likely N-dealkylation sites (tertiary alicyclic amines) is 1. The molecule has 18 heavy (non-hydrogen) atoms. The number of H-pyrrole nitrogens is 1. The van der Waals surface area contributed by atoms with E-state index in [9.17, 15) is 9.90 Å². The number of hydrogen-bond donors (Lipinski definition) is 2. The molecule has 0 radical (unpaired) electrons. The standard InChI is InChI=1S/C14H16N2O2/c1-2-14(18)8-16(9-14)13(17)11-5-3-4-10-6-7-15-12(10)11/h3-7,15,18H,2,8-9H2,1H3. The van der Waals surface area contributed by atoms with Crippen LogP contribution in [0.5, 0.6) is 0 Å². The smallest absolute Gasteiger partial charge is 0.256 e. The Morgan fingerprint density at radius 2 is 2.22 bits per heavy atom. The van der Waals surface area contributed by atoms with Crippen LogP contribution < -0.4 is 0 Å². The number of aromatic amines is 1. The maximum absolute atomic E-state index is 12.3. The molecule has 94 valence electrons. The number of rotatable bonds is 2. The van der Waals surface area contributed by atoms with E-state index in [0.717, 1.165) is 10.9 Å². The normalized spacial score (nSPS) is 17.8. The summed E-state index contributed by atoms with van der Waals surface area (Å²) in [6.45, 7) is 2.80. The van der Waals surface area contributed by atoms with E-state index in [2.05, 4.69) is 4.98 Å². The van der Waals surface area contributed by atoms with Crippen molar-refractivity contribution < 1.29 is 9.90 Å². The van der Waals surface area contributed by atoms with Gasteiger partial charge in [0.15, 0.2) is 0 Å². The number of amides is 1. The lowest BCUT2D eigenvalue weighted by Crippen LogP contribution is -2.63. The number of benzene rings is 1. The van der Waals surface area contributed by atoms with Gasteiger partial charge in [0, 0.05) is 11.6 Å². The Morgan fingerprint density at radius 3 is 2.94 bits per heavy atom. The summed E-state index contributed by atoms with van der Waals surface area (Å²) >= 11 is 0. The molecule has 0 saturated carbocycles. The number of hydrogen-bond acceptors (Lipinski definition) is 2. The minimum absolute atomic E-state index is 0.0128. The first-order valence-corrected chi connectivity index (χ1v) is 6.21. The average molecular weight is 244 g/mol. The molecule has 1 aromatic heterocycles. The number of nitrogens with one attached hydrogen (secondary N) is 1. The Bertz CT molecular complexity index is 597. The van der Waals surface area contributed by atoms with E-state index in [4.69, 9.17) is 0 Å². The van der Waals surface area contributed by atoms with Crippen molar-refractivity contribution in [2.24, 2.45) is 0 Å². The average Bonchev–Trinajstić information content (AvgIpc) is 2.82. The Labute approximate surface area is 105 Å². The zero-order valence-corrected chi connectivity index (χ0v) is 10.3. The lowest BCUT2D eigenvalue weighted by Gasteiger charge is -2.46. The minimum atomic E-state index is -0.681. The molecule has 3 rings (SSSR count). The molecule has 1 aliphatic heterocycles. The molecule has 4 heteroatoms. The zero-order valence-electron chi connectivity index (χ0n) is 10.3. The molecular weight excluding hydrogens is 228 g/mol. The molecular formula is C14H16N2O2. The molecule has 2 N–H and O–H groups in total. The van der Waals surface area contributed by atoms with Gasteiger partial charge in [0.2, 0.25) is 0 Å². The molecule has 0 aliphatic carbocycles. The summed E-state index contributed by atoms with van der Waals surface area (Å²) in [6.07, 6.45) is 2.52. The number of aliphatic hydroxyl groups is 1. The van der Waals surface area contributed by atoms with Gasteiger partial charge in [-0.3, -0.25) is 4.79 Å². The van der Waals surface area contributed by atoms with Crippen molar-refractivity contribution in [3.8, 4) is 0 Å². The van der Waals surface area contributed by atoms with Crippen LogP contribution >= 0.6 is 0 Å². The van der Waals surface area contributed by atoms with E-state index >= 15 is 0 Å².